The molecule has 0 aliphatic rings. The second-order valence-electron chi connectivity index (χ2n) is 6.01. The number of methoxy groups -OCH3 is 1. The highest BCUT2D eigenvalue weighted by Crippen LogP contribution is 2.23. The molecule has 0 saturated heterocycles. The second kappa shape index (κ2) is 8.98. The summed E-state index contributed by atoms with van der Waals surface area (Å²) in [6.45, 7) is 2.29. The van der Waals surface area contributed by atoms with Crippen molar-refractivity contribution < 1.29 is 14.3 Å². The van der Waals surface area contributed by atoms with Crippen LogP contribution in [0.2, 0.25) is 0 Å². The first-order valence-corrected chi connectivity index (χ1v) is 9.41. The molecule has 140 valence electrons. The van der Waals surface area contributed by atoms with Gasteiger partial charge < -0.3 is 9.47 Å². The molecule has 0 unspecified atom stereocenters. The van der Waals surface area contributed by atoms with Crippen LogP contribution in [0.15, 0.2) is 53.9 Å². The Morgan fingerprint density at radius 3 is 2.46 bits per heavy atom. The number of aromatic nitrogens is 1. The van der Waals surface area contributed by atoms with Crippen molar-refractivity contribution >= 4 is 29.0 Å². The Hall–Kier alpha value is -3.43. The molecular weight excluding hydrogens is 372 g/mol. The summed E-state index contributed by atoms with van der Waals surface area (Å²) in [7, 11) is 1.36. The van der Waals surface area contributed by atoms with Crippen LogP contribution in [0, 0.1) is 18.3 Å². The van der Waals surface area contributed by atoms with Crippen LogP contribution in [0.25, 0.3) is 11.6 Å². The van der Waals surface area contributed by atoms with Crippen LogP contribution in [0.5, 0.6) is 5.75 Å². The summed E-state index contributed by atoms with van der Waals surface area (Å²) in [5.41, 5.74) is 3.80. The van der Waals surface area contributed by atoms with Gasteiger partial charge in [-0.1, -0.05) is 24.3 Å². The first-order chi connectivity index (χ1) is 13.6. The largest absolute Gasteiger partial charge is 0.489 e. The number of rotatable bonds is 6. The van der Waals surface area contributed by atoms with Crippen molar-refractivity contribution in [2.24, 2.45) is 0 Å². The van der Waals surface area contributed by atoms with Crippen molar-refractivity contribution in [2.75, 3.05) is 7.11 Å². The van der Waals surface area contributed by atoms with Crippen LogP contribution in [0.1, 0.15) is 32.2 Å². The van der Waals surface area contributed by atoms with Crippen molar-refractivity contribution in [3.05, 3.63) is 81.3 Å². The van der Waals surface area contributed by atoms with E-state index in [2.05, 4.69) is 15.8 Å². The number of benzene rings is 2. The number of ether oxygens (including phenoxy) is 2. The maximum Gasteiger partial charge on any atom is 0.337 e. The molecule has 0 atom stereocenters. The Morgan fingerprint density at radius 2 is 1.89 bits per heavy atom. The van der Waals surface area contributed by atoms with Crippen LogP contribution >= 0.6 is 11.3 Å². The molecule has 0 aliphatic carbocycles. The normalized spacial score (nSPS) is 11.0. The quantitative estimate of drug-likeness (QED) is 0.443. The molecule has 2 aromatic carbocycles. The number of allylic oxidation sites excluding steroid dienone is 1. The van der Waals surface area contributed by atoms with Gasteiger partial charge in [0.15, 0.2) is 0 Å². The summed E-state index contributed by atoms with van der Waals surface area (Å²) in [6, 6.07) is 16.8. The first-order valence-electron chi connectivity index (χ1n) is 8.53. The fraction of sp³-hybridized carbons (Fsp3) is 0.136. The lowest BCUT2D eigenvalue weighted by molar-refractivity contribution is 0.0600. The zero-order valence-corrected chi connectivity index (χ0v) is 16.3. The molecule has 3 rings (SSSR count). The van der Waals surface area contributed by atoms with Gasteiger partial charge in [0.25, 0.3) is 0 Å². The third kappa shape index (κ3) is 4.84. The number of carbonyl (C=O) groups is 1. The number of hydrogen-bond acceptors (Lipinski definition) is 6. The van der Waals surface area contributed by atoms with E-state index in [1.54, 1.807) is 12.1 Å². The molecule has 0 fully saturated rings. The Bertz CT molecular complexity index is 1030. The lowest BCUT2D eigenvalue weighted by Crippen LogP contribution is -2.01. The van der Waals surface area contributed by atoms with Crippen molar-refractivity contribution in [3.63, 3.8) is 0 Å². The Labute approximate surface area is 167 Å². The van der Waals surface area contributed by atoms with Crippen molar-refractivity contribution in [1.82, 2.24) is 4.98 Å². The van der Waals surface area contributed by atoms with E-state index in [4.69, 9.17) is 4.74 Å². The van der Waals surface area contributed by atoms with Crippen LogP contribution in [0.4, 0.5) is 0 Å². The molecule has 6 heteroatoms. The summed E-state index contributed by atoms with van der Waals surface area (Å²) >= 11 is 1.46. The molecule has 0 aliphatic heterocycles. The Balaban J connectivity index is 1.64. The highest BCUT2D eigenvalue weighted by molar-refractivity contribution is 7.11. The van der Waals surface area contributed by atoms with Gasteiger partial charge in [0, 0.05) is 11.1 Å². The molecule has 3 aromatic rings. The van der Waals surface area contributed by atoms with Gasteiger partial charge in [0.2, 0.25) is 0 Å². The maximum atomic E-state index is 11.4. The molecule has 0 bridgehead atoms. The molecule has 0 saturated carbocycles. The van der Waals surface area contributed by atoms with Crippen LogP contribution < -0.4 is 4.74 Å². The molecule has 0 spiro atoms. The predicted octanol–water partition coefficient (Wildman–Crippen LogP) is 4.88. The maximum absolute atomic E-state index is 11.4. The van der Waals surface area contributed by atoms with Gasteiger partial charge in [-0.05, 0) is 48.4 Å². The fourth-order valence-electron chi connectivity index (χ4n) is 2.47. The molecule has 1 aromatic heterocycles. The molecule has 1 heterocycles. The van der Waals surface area contributed by atoms with Gasteiger partial charge in [-0.25, -0.2) is 9.78 Å². The van der Waals surface area contributed by atoms with E-state index in [0.717, 1.165) is 27.6 Å². The van der Waals surface area contributed by atoms with Gasteiger partial charge >= 0.3 is 5.97 Å². The third-order valence-corrected chi connectivity index (χ3v) is 4.93. The topological polar surface area (TPSA) is 72.2 Å². The van der Waals surface area contributed by atoms with Gasteiger partial charge in [0.1, 0.15) is 23.4 Å². The summed E-state index contributed by atoms with van der Waals surface area (Å²) in [6.07, 6.45) is 1.81. The third-order valence-electron chi connectivity index (χ3n) is 3.94. The van der Waals surface area contributed by atoms with Gasteiger partial charge in [-0.3, -0.25) is 0 Å². The standard InChI is InChI=1S/C22H18N2O3S/c1-15-14-28-21(24-15)19(12-23)11-16-5-9-20(10-6-16)27-13-17-3-7-18(8-4-17)22(25)26-2/h3-11,14H,13H2,1-2H3/b19-11+. The first kappa shape index (κ1) is 19.3. The van der Waals surface area contributed by atoms with E-state index in [9.17, 15) is 10.1 Å². The lowest BCUT2D eigenvalue weighted by atomic mass is 10.1. The minimum absolute atomic E-state index is 0.360. The fourth-order valence-corrected chi connectivity index (χ4v) is 3.23. The Morgan fingerprint density at radius 1 is 1.18 bits per heavy atom. The zero-order chi connectivity index (χ0) is 19.9. The molecular formula is C22H18N2O3S. The van der Waals surface area contributed by atoms with E-state index in [1.807, 2.05) is 54.8 Å². The highest BCUT2D eigenvalue weighted by atomic mass is 32.1. The van der Waals surface area contributed by atoms with Crippen molar-refractivity contribution in [1.29, 1.82) is 5.26 Å². The van der Waals surface area contributed by atoms with E-state index < -0.39 is 0 Å². The summed E-state index contributed by atoms with van der Waals surface area (Å²) < 4.78 is 10.5. The van der Waals surface area contributed by atoms with Gasteiger partial charge in [0.05, 0.1) is 18.2 Å². The minimum Gasteiger partial charge on any atom is -0.489 e. The van der Waals surface area contributed by atoms with Gasteiger partial charge in [-0.15, -0.1) is 11.3 Å². The predicted molar refractivity (Wildman–Crippen MR) is 109 cm³/mol. The summed E-state index contributed by atoms with van der Waals surface area (Å²) in [5.74, 6) is 0.360. The molecule has 28 heavy (non-hydrogen) atoms. The monoisotopic (exact) mass is 390 g/mol. The van der Waals surface area contributed by atoms with Crippen molar-refractivity contribution in [2.45, 2.75) is 13.5 Å². The second-order valence-corrected chi connectivity index (χ2v) is 6.87. The highest BCUT2D eigenvalue weighted by Gasteiger charge is 2.06. The lowest BCUT2D eigenvalue weighted by Gasteiger charge is -2.07. The number of aryl methyl sites for hydroxylation is 1. The Kier molecular flexibility index (Phi) is 6.20. The molecule has 0 amide bonds. The molecule has 0 radical (unpaired) electrons. The number of thiazole rings is 1. The summed E-state index contributed by atoms with van der Waals surface area (Å²) in [5, 5.41) is 12.0. The van der Waals surface area contributed by atoms with E-state index >= 15 is 0 Å². The van der Waals surface area contributed by atoms with Crippen molar-refractivity contribution in [3.8, 4) is 11.8 Å². The number of nitriles is 1. The summed E-state index contributed by atoms with van der Waals surface area (Å²) in [4.78, 5) is 15.8. The van der Waals surface area contributed by atoms with Crippen LogP contribution in [-0.4, -0.2) is 18.1 Å². The number of carbonyl (C=O) groups excluding carboxylic acids is 1. The SMILES string of the molecule is COC(=O)c1ccc(COc2ccc(/C=C(\C#N)c3nc(C)cs3)cc2)cc1. The van der Waals surface area contributed by atoms with E-state index in [0.29, 0.717) is 17.7 Å². The van der Waals surface area contributed by atoms with Gasteiger partial charge in [-0.2, -0.15) is 5.26 Å². The smallest absolute Gasteiger partial charge is 0.337 e. The number of nitrogens with zero attached hydrogens (tertiary/aromatic N) is 2. The van der Waals surface area contributed by atoms with Crippen LogP contribution in [0.3, 0.4) is 0 Å². The van der Waals surface area contributed by atoms with E-state index in [1.165, 1.54) is 18.4 Å². The average molecular weight is 390 g/mol. The van der Waals surface area contributed by atoms with Crippen LogP contribution in [-0.2, 0) is 11.3 Å². The minimum atomic E-state index is -0.360. The molecule has 5 nitrogen and oxygen atoms in total. The zero-order valence-electron chi connectivity index (χ0n) is 15.5. The van der Waals surface area contributed by atoms with E-state index in [-0.39, 0.29) is 5.97 Å². The number of esters is 1. The number of hydrogen-bond donors (Lipinski definition) is 0. The average Bonchev–Trinajstić information content (AvgIpc) is 3.17. The molecule has 0 N–H and O–H groups in total.